The van der Waals surface area contributed by atoms with Crippen molar-refractivity contribution in [3.8, 4) is 0 Å². The van der Waals surface area contributed by atoms with Crippen LogP contribution in [-0.2, 0) is 9.53 Å². The van der Waals surface area contributed by atoms with E-state index in [4.69, 9.17) is 11.6 Å². The number of aromatic nitrogens is 1. The molecule has 0 spiro atoms. The number of methoxy groups -OCH3 is 1. The van der Waals surface area contributed by atoms with Crippen molar-refractivity contribution in [1.82, 2.24) is 9.88 Å². The van der Waals surface area contributed by atoms with Crippen molar-refractivity contribution in [2.24, 2.45) is 0 Å². The lowest BCUT2D eigenvalue weighted by molar-refractivity contribution is -0.140. The quantitative estimate of drug-likeness (QED) is 0.764. The smallest absolute Gasteiger partial charge is 0.307 e. The first-order valence-electron chi connectivity index (χ1n) is 4.98. The minimum Gasteiger partial charge on any atom is -0.469 e. The van der Waals surface area contributed by atoms with E-state index in [-0.39, 0.29) is 24.8 Å². The van der Waals surface area contributed by atoms with Crippen LogP contribution in [0.4, 0.5) is 0 Å². The normalized spacial score (nSPS) is 9.82. The van der Waals surface area contributed by atoms with Gasteiger partial charge in [-0.05, 0) is 6.07 Å². The summed E-state index contributed by atoms with van der Waals surface area (Å²) in [7, 11) is 2.90. The molecule has 5 nitrogen and oxygen atoms in total. The largest absolute Gasteiger partial charge is 0.469 e. The molecule has 0 aliphatic rings. The van der Waals surface area contributed by atoms with Crippen LogP contribution in [0, 0.1) is 0 Å². The van der Waals surface area contributed by atoms with Gasteiger partial charge in [0.05, 0.1) is 24.1 Å². The second-order valence-electron chi connectivity index (χ2n) is 3.41. The molecule has 1 aromatic rings. The topological polar surface area (TPSA) is 59.5 Å². The third-order valence-electron chi connectivity index (χ3n) is 2.22. The first-order valence-corrected chi connectivity index (χ1v) is 5.36. The van der Waals surface area contributed by atoms with Crippen molar-refractivity contribution < 1.29 is 14.3 Å². The molecule has 92 valence electrons. The number of amides is 1. The molecule has 17 heavy (non-hydrogen) atoms. The molecular weight excluding hydrogens is 244 g/mol. The van der Waals surface area contributed by atoms with Gasteiger partial charge in [0.1, 0.15) is 0 Å². The molecule has 0 saturated carbocycles. The maximum atomic E-state index is 11.9. The Labute approximate surface area is 104 Å². The van der Waals surface area contributed by atoms with Crippen LogP contribution in [0.1, 0.15) is 16.8 Å². The highest BCUT2D eigenvalue weighted by molar-refractivity contribution is 6.33. The summed E-state index contributed by atoms with van der Waals surface area (Å²) < 4.78 is 4.49. The third-order valence-corrected chi connectivity index (χ3v) is 2.55. The molecule has 6 heteroatoms. The van der Waals surface area contributed by atoms with E-state index in [1.165, 1.54) is 24.4 Å². The van der Waals surface area contributed by atoms with Gasteiger partial charge in [-0.2, -0.15) is 0 Å². The molecule has 0 bridgehead atoms. The van der Waals surface area contributed by atoms with E-state index in [1.807, 2.05) is 0 Å². The Hall–Kier alpha value is -1.62. The van der Waals surface area contributed by atoms with Crippen molar-refractivity contribution in [3.05, 3.63) is 29.0 Å². The fourth-order valence-electron chi connectivity index (χ4n) is 1.20. The molecular formula is C11H13ClN2O3. The summed E-state index contributed by atoms with van der Waals surface area (Å²) >= 11 is 5.87. The zero-order chi connectivity index (χ0) is 12.8. The van der Waals surface area contributed by atoms with E-state index in [2.05, 4.69) is 9.72 Å². The van der Waals surface area contributed by atoms with Crippen LogP contribution in [0.2, 0.25) is 5.02 Å². The molecule has 0 aliphatic heterocycles. The highest BCUT2D eigenvalue weighted by Crippen LogP contribution is 2.15. The predicted octanol–water partition coefficient (Wildman–Crippen LogP) is 1.37. The number of carbonyl (C=O) groups is 2. The van der Waals surface area contributed by atoms with Gasteiger partial charge in [0.15, 0.2) is 0 Å². The van der Waals surface area contributed by atoms with Crippen LogP contribution in [0.3, 0.4) is 0 Å². The Morgan fingerprint density at radius 3 is 2.82 bits per heavy atom. The summed E-state index contributed by atoms with van der Waals surface area (Å²) in [6.45, 7) is 0.275. The highest BCUT2D eigenvalue weighted by atomic mass is 35.5. The molecule has 1 rings (SSSR count). The lowest BCUT2D eigenvalue weighted by Crippen LogP contribution is -2.29. The SMILES string of the molecule is COC(=O)CCN(C)C(=O)c1cnccc1Cl. The second-order valence-corrected chi connectivity index (χ2v) is 3.82. The van der Waals surface area contributed by atoms with Crippen molar-refractivity contribution in [1.29, 1.82) is 0 Å². The number of nitrogens with zero attached hydrogens (tertiary/aromatic N) is 2. The van der Waals surface area contributed by atoms with Crippen LogP contribution >= 0.6 is 11.6 Å². The van der Waals surface area contributed by atoms with Gasteiger partial charge in [-0.25, -0.2) is 0 Å². The molecule has 0 fully saturated rings. The van der Waals surface area contributed by atoms with Gasteiger partial charge in [0, 0.05) is 26.0 Å². The standard InChI is InChI=1S/C11H13ClN2O3/c1-14(6-4-10(15)17-2)11(16)8-7-13-5-3-9(8)12/h3,5,7H,4,6H2,1-2H3. The molecule has 0 aliphatic carbocycles. The zero-order valence-electron chi connectivity index (χ0n) is 9.64. The summed E-state index contributed by atoms with van der Waals surface area (Å²) in [6.07, 6.45) is 3.06. The van der Waals surface area contributed by atoms with Gasteiger partial charge in [-0.15, -0.1) is 0 Å². The van der Waals surface area contributed by atoms with Crippen molar-refractivity contribution >= 4 is 23.5 Å². The number of ether oxygens (including phenoxy) is 1. The summed E-state index contributed by atoms with van der Waals surface area (Å²) in [5.41, 5.74) is 0.321. The first kappa shape index (κ1) is 13.4. The predicted molar refractivity (Wildman–Crippen MR) is 62.8 cm³/mol. The second kappa shape index (κ2) is 6.20. The number of carbonyl (C=O) groups excluding carboxylic acids is 2. The molecule has 0 aromatic carbocycles. The molecule has 1 aromatic heterocycles. The number of esters is 1. The summed E-state index contributed by atoms with van der Waals surface area (Å²) in [5.74, 6) is -0.631. The van der Waals surface area contributed by atoms with E-state index in [1.54, 1.807) is 13.1 Å². The molecule has 0 atom stereocenters. The van der Waals surface area contributed by atoms with Crippen LogP contribution in [0.15, 0.2) is 18.5 Å². The maximum Gasteiger partial charge on any atom is 0.307 e. The maximum absolute atomic E-state index is 11.9. The third kappa shape index (κ3) is 3.71. The van der Waals surface area contributed by atoms with Crippen LogP contribution < -0.4 is 0 Å². The van der Waals surface area contributed by atoms with Gasteiger partial charge in [-0.1, -0.05) is 11.6 Å². The average Bonchev–Trinajstić information content (AvgIpc) is 2.35. The number of pyridine rings is 1. The van der Waals surface area contributed by atoms with Crippen LogP contribution in [0.25, 0.3) is 0 Å². The van der Waals surface area contributed by atoms with Crippen LogP contribution in [0.5, 0.6) is 0 Å². The van der Waals surface area contributed by atoms with E-state index >= 15 is 0 Å². The van der Waals surface area contributed by atoms with E-state index in [0.717, 1.165) is 0 Å². The summed E-state index contributed by atoms with van der Waals surface area (Å²) in [4.78, 5) is 28.1. The van der Waals surface area contributed by atoms with E-state index in [9.17, 15) is 9.59 Å². The number of hydrogen-bond acceptors (Lipinski definition) is 4. The Morgan fingerprint density at radius 2 is 2.24 bits per heavy atom. The fraction of sp³-hybridized carbons (Fsp3) is 0.364. The minimum absolute atomic E-state index is 0.149. The Kier molecular flexibility index (Phi) is 4.90. The van der Waals surface area contributed by atoms with Crippen molar-refractivity contribution in [2.75, 3.05) is 20.7 Å². The summed E-state index contributed by atoms with van der Waals surface area (Å²) in [5, 5.41) is 0.343. The minimum atomic E-state index is -0.359. The first-order chi connectivity index (χ1) is 8.06. The Morgan fingerprint density at radius 1 is 1.53 bits per heavy atom. The Balaban J connectivity index is 2.64. The average molecular weight is 257 g/mol. The number of hydrogen-bond donors (Lipinski definition) is 0. The molecule has 1 heterocycles. The lowest BCUT2D eigenvalue weighted by Gasteiger charge is -2.16. The molecule has 0 N–H and O–H groups in total. The van der Waals surface area contributed by atoms with Crippen molar-refractivity contribution in [2.45, 2.75) is 6.42 Å². The highest BCUT2D eigenvalue weighted by Gasteiger charge is 2.15. The van der Waals surface area contributed by atoms with Gasteiger partial charge in [0.2, 0.25) is 0 Å². The van der Waals surface area contributed by atoms with Crippen LogP contribution in [-0.4, -0.2) is 42.5 Å². The van der Waals surface area contributed by atoms with Gasteiger partial charge < -0.3 is 9.64 Å². The fourth-order valence-corrected chi connectivity index (χ4v) is 1.39. The van der Waals surface area contributed by atoms with Gasteiger partial charge in [0.25, 0.3) is 5.91 Å². The monoisotopic (exact) mass is 256 g/mol. The lowest BCUT2D eigenvalue weighted by atomic mass is 10.2. The number of halogens is 1. The van der Waals surface area contributed by atoms with Gasteiger partial charge in [-0.3, -0.25) is 14.6 Å². The van der Waals surface area contributed by atoms with E-state index in [0.29, 0.717) is 10.6 Å². The van der Waals surface area contributed by atoms with Gasteiger partial charge >= 0.3 is 5.97 Å². The zero-order valence-corrected chi connectivity index (χ0v) is 10.4. The molecule has 0 unspecified atom stereocenters. The van der Waals surface area contributed by atoms with E-state index < -0.39 is 0 Å². The molecule has 1 amide bonds. The Bertz CT molecular complexity index is 423. The van der Waals surface area contributed by atoms with Crippen molar-refractivity contribution in [3.63, 3.8) is 0 Å². The molecule has 0 saturated heterocycles. The number of rotatable bonds is 4. The molecule has 0 radical (unpaired) electrons. The summed E-state index contributed by atoms with van der Waals surface area (Å²) in [6, 6.07) is 1.54.